The maximum atomic E-state index is 14.5. The number of carbonyl (C=O) groups excluding carboxylic acids is 2. The lowest BCUT2D eigenvalue weighted by atomic mass is 10.0. The van der Waals surface area contributed by atoms with Gasteiger partial charge in [-0.15, -0.1) is 0 Å². The lowest BCUT2D eigenvalue weighted by Crippen LogP contribution is -2.33. The zero-order valence-corrected chi connectivity index (χ0v) is 17.5. The molecule has 162 valence electrons. The van der Waals surface area contributed by atoms with E-state index in [1.807, 2.05) is 32.0 Å². The zero-order valence-electron chi connectivity index (χ0n) is 17.5. The molecule has 0 spiro atoms. The van der Waals surface area contributed by atoms with Crippen molar-refractivity contribution in [2.45, 2.75) is 13.8 Å². The summed E-state index contributed by atoms with van der Waals surface area (Å²) in [5.41, 5.74) is 1.80. The van der Waals surface area contributed by atoms with Crippen molar-refractivity contribution in [1.82, 2.24) is 0 Å². The summed E-state index contributed by atoms with van der Waals surface area (Å²) in [7, 11) is 0. The van der Waals surface area contributed by atoms with Crippen LogP contribution in [0.4, 0.5) is 20.2 Å². The minimum absolute atomic E-state index is 0.00786. The van der Waals surface area contributed by atoms with Gasteiger partial charge in [-0.05, 0) is 61.4 Å². The highest BCUT2D eigenvalue weighted by molar-refractivity contribution is 6.46. The van der Waals surface area contributed by atoms with E-state index in [4.69, 9.17) is 4.74 Å². The summed E-state index contributed by atoms with van der Waals surface area (Å²) in [6, 6.07) is 16.7. The van der Waals surface area contributed by atoms with Gasteiger partial charge in [-0.3, -0.25) is 9.59 Å². The molecule has 32 heavy (non-hydrogen) atoms. The summed E-state index contributed by atoms with van der Waals surface area (Å²) in [6.07, 6.45) is 0. The van der Waals surface area contributed by atoms with E-state index in [-0.39, 0.29) is 17.0 Å². The third-order valence-electron chi connectivity index (χ3n) is 4.98. The monoisotopic (exact) mass is 434 g/mol. The van der Waals surface area contributed by atoms with Gasteiger partial charge in [0, 0.05) is 11.8 Å². The third kappa shape index (κ3) is 3.97. The molecule has 1 N–H and O–H groups in total. The van der Waals surface area contributed by atoms with Gasteiger partial charge in [-0.1, -0.05) is 24.3 Å². The number of rotatable bonds is 6. The quantitative estimate of drug-likeness (QED) is 0.551. The van der Waals surface area contributed by atoms with Crippen molar-refractivity contribution < 1.29 is 23.1 Å². The standard InChI is InChI=1S/C25H20F2N2O3/c1-3-32-19-10-7-16(8-11-19)22-23(28-18-6-4-5-15(2)13-18)25(31)29(24(22)30)21-12-9-17(26)14-20(21)27/h4-14,28H,3H2,1-2H3. The van der Waals surface area contributed by atoms with Gasteiger partial charge >= 0.3 is 0 Å². The minimum atomic E-state index is -1.01. The molecule has 0 atom stereocenters. The average Bonchev–Trinajstić information content (AvgIpc) is 2.99. The van der Waals surface area contributed by atoms with Gasteiger partial charge in [0.1, 0.15) is 23.1 Å². The Morgan fingerprint density at radius 2 is 1.69 bits per heavy atom. The number of hydrogen-bond donors (Lipinski definition) is 1. The first kappa shape index (κ1) is 21.2. The second kappa shape index (κ2) is 8.63. The van der Waals surface area contributed by atoms with Crippen LogP contribution in [0.25, 0.3) is 5.57 Å². The molecular formula is C25H20F2N2O3. The fourth-order valence-corrected chi connectivity index (χ4v) is 3.55. The fourth-order valence-electron chi connectivity index (χ4n) is 3.55. The van der Waals surface area contributed by atoms with E-state index in [1.54, 1.807) is 30.3 Å². The Kier molecular flexibility index (Phi) is 5.73. The van der Waals surface area contributed by atoms with E-state index in [0.29, 0.717) is 29.7 Å². The van der Waals surface area contributed by atoms with Crippen LogP contribution >= 0.6 is 0 Å². The van der Waals surface area contributed by atoms with Gasteiger partial charge in [-0.2, -0.15) is 0 Å². The first-order chi connectivity index (χ1) is 15.4. The highest BCUT2D eigenvalue weighted by atomic mass is 19.1. The SMILES string of the molecule is CCOc1ccc(C2=C(Nc3cccc(C)c3)C(=O)N(c3ccc(F)cc3F)C2=O)cc1. The smallest absolute Gasteiger partial charge is 0.282 e. The zero-order chi connectivity index (χ0) is 22.8. The van der Waals surface area contributed by atoms with Gasteiger partial charge in [0.2, 0.25) is 0 Å². The van der Waals surface area contributed by atoms with Crippen LogP contribution < -0.4 is 15.0 Å². The Hall–Kier alpha value is -4.00. The van der Waals surface area contributed by atoms with Crippen LogP contribution in [0.2, 0.25) is 0 Å². The highest BCUT2D eigenvalue weighted by Crippen LogP contribution is 2.35. The molecule has 0 bridgehead atoms. The number of carbonyl (C=O) groups is 2. The van der Waals surface area contributed by atoms with Gasteiger partial charge in [0.05, 0.1) is 17.9 Å². The van der Waals surface area contributed by atoms with Crippen molar-refractivity contribution in [2.75, 3.05) is 16.8 Å². The number of aryl methyl sites for hydroxylation is 1. The first-order valence-electron chi connectivity index (χ1n) is 10.0. The van der Waals surface area contributed by atoms with Crippen LogP contribution in [-0.4, -0.2) is 18.4 Å². The molecule has 3 aromatic carbocycles. The molecule has 7 heteroatoms. The number of benzene rings is 3. The van der Waals surface area contributed by atoms with Gasteiger partial charge in [-0.25, -0.2) is 13.7 Å². The molecule has 0 fully saturated rings. The lowest BCUT2D eigenvalue weighted by molar-refractivity contribution is -0.120. The van der Waals surface area contributed by atoms with E-state index in [2.05, 4.69) is 5.32 Å². The van der Waals surface area contributed by atoms with Crippen LogP contribution in [-0.2, 0) is 9.59 Å². The van der Waals surface area contributed by atoms with E-state index in [1.165, 1.54) is 0 Å². The fraction of sp³-hybridized carbons (Fsp3) is 0.120. The summed E-state index contributed by atoms with van der Waals surface area (Å²) in [5.74, 6) is -2.63. The third-order valence-corrected chi connectivity index (χ3v) is 4.98. The Morgan fingerprint density at radius 1 is 0.938 bits per heavy atom. The second-order valence-electron chi connectivity index (χ2n) is 7.24. The van der Waals surface area contributed by atoms with Crippen molar-refractivity contribution >= 4 is 28.8 Å². The number of ether oxygens (including phenoxy) is 1. The highest BCUT2D eigenvalue weighted by Gasteiger charge is 2.41. The normalized spacial score (nSPS) is 13.7. The molecule has 0 radical (unpaired) electrons. The number of halogens is 2. The predicted molar refractivity (Wildman–Crippen MR) is 118 cm³/mol. The molecule has 0 saturated heterocycles. The average molecular weight is 434 g/mol. The van der Waals surface area contributed by atoms with Crippen molar-refractivity contribution in [3.05, 3.63) is 95.2 Å². The molecule has 0 unspecified atom stereocenters. The van der Waals surface area contributed by atoms with Crippen LogP contribution in [0.15, 0.2) is 72.4 Å². The Morgan fingerprint density at radius 3 is 2.34 bits per heavy atom. The van der Waals surface area contributed by atoms with Crippen LogP contribution in [0.1, 0.15) is 18.1 Å². The van der Waals surface area contributed by atoms with E-state index < -0.39 is 23.4 Å². The maximum Gasteiger partial charge on any atom is 0.282 e. The minimum Gasteiger partial charge on any atom is -0.494 e. The summed E-state index contributed by atoms with van der Waals surface area (Å²) in [5, 5.41) is 3.02. The number of nitrogens with one attached hydrogen (secondary N) is 1. The van der Waals surface area contributed by atoms with Gasteiger partial charge in [0.25, 0.3) is 11.8 Å². The van der Waals surface area contributed by atoms with Crippen molar-refractivity contribution in [2.24, 2.45) is 0 Å². The van der Waals surface area contributed by atoms with Crippen LogP contribution in [0.3, 0.4) is 0 Å². The van der Waals surface area contributed by atoms with Crippen LogP contribution in [0.5, 0.6) is 5.75 Å². The number of amides is 2. The molecule has 3 aromatic rings. The van der Waals surface area contributed by atoms with E-state index in [0.717, 1.165) is 22.6 Å². The Labute approximate surface area is 183 Å². The van der Waals surface area contributed by atoms with Crippen LogP contribution in [0, 0.1) is 18.6 Å². The number of nitrogens with zero attached hydrogens (tertiary/aromatic N) is 1. The molecule has 1 heterocycles. The molecule has 0 aliphatic carbocycles. The topological polar surface area (TPSA) is 58.6 Å². The molecule has 2 amide bonds. The summed E-state index contributed by atoms with van der Waals surface area (Å²) < 4.78 is 33.3. The van der Waals surface area contributed by atoms with E-state index >= 15 is 0 Å². The maximum absolute atomic E-state index is 14.5. The molecule has 0 saturated carbocycles. The molecular weight excluding hydrogens is 414 g/mol. The van der Waals surface area contributed by atoms with Crippen molar-refractivity contribution in [3.8, 4) is 5.75 Å². The summed E-state index contributed by atoms with van der Waals surface area (Å²) in [6.45, 7) is 4.24. The van der Waals surface area contributed by atoms with E-state index in [9.17, 15) is 18.4 Å². The Balaban J connectivity index is 1.81. The molecule has 5 nitrogen and oxygen atoms in total. The molecule has 0 aromatic heterocycles. The Bertz CT molecular complexity index is 1240. The first-order valence-corrected chi connectivity index (χ1v) is 10.0. The van der Waals surface area contributed by atoms with Crippen molar-refractivity contribution in [3.63, 3.8) is 0 Å². The number of imide groups is 1. The largest absolute Gasteiger partial charge is 0.494 e. The lowest BCUT2D eigenvalue weighted by Gasteiger charge is -2.16. The summed E-state index contributed by atoms with van der Waals surface area (Å²) >= 11 is 0. The van der Waals surface area contributed by atoms with Crippen molar-refractivity contribution in [1.29, 1.82) is 0 Å². The number of anilines is 2. The molecule has 4 rings (SSSR count). The number of hydrogen-bond acceptors (Lipinski definition) is 4. The predicted octanol–water partition coefficient (Wildman–Crippen LogP) is 5.07. The second-order valence-corrected chi connectivity index (χ2v) is 7.24. The van der Waals surface area contributed by atoms with Gasteiger partial charge < -0.3 is 10.1 Å². The molecule has 1 aliphatic heterocycles. The van der Waals surface area contributed by atoms with Gasteiger partial charge in [0.15, 0.2) is 0 Å². The molecule has 1 aliphatic rings. The summed E-state index contributed by atoms with van der Waals surface area (Å²) in [4.78, 5) is 27.4.